The first-order chi connectivity index (χ1) is 9.75. The summed E-state index contributed by atoms with van der Waals surface area (Å²) in [6.07, 6.45) is 10.3. The summed E-state index contributed by atoms with van der Waals surface area (Å²) in [5.74, 6) is 0.706. The summed E-state index contributed by atoms with van der Waals surface area (Å²) < 4.78 is 0. The molecule has 0 saturated carbocycles. The molecule has 2 aliphatic rings. The molecule has 1 unspecified atom stereocenters. The minimum atomic E-state index is -0.159. The van der Waals surface area contributed by atoms with Gasteiger partial charge in [-0.1, -0.05) is 12.2 Å². The van der Waals surface area contributed by atoms with Crippen molar-refractivity contribution < 1.29 is 9.59 Å². The van der Waals surface area contributed by atoms with Crippen molar-refractivity contribution in [1.82, 2.24) is 15.5 Å². The molecule has 1 saturated heterocycles. The monoisotopic (exact) mass is 279 g/mol. The number of urea groups is 1. The first-order valence-corrected chi connectivity index (χ1v) is 7.70. The highest BCUT2D eigenvalue weighted by Gasteiger charge is 2.17. The fourth-order valence-corrected chi connectivity index (χ4v) is 2.75. The lowest BCUT2D eigenvalue weighted by Crippen LogP contribution is -2.40. The van der Waals surface area contributed by atoms with Gasteiger partial charge in [-0.25, -0.2) is 4.79 Å². The second-order valence-corrected chi connectivity index (χ2v) is 5.63. The molecule has 20 heavy (non-hydrogen) atoms. The van der Waals surface area contributed by atoms with E-state index in [1.807, 2.05) is 4.90 Å². The zero-order chi connectivity index (χ0) is 14.2. The maximum atomic E-state index is 11.8. The Bertz CT molecular complexity index is 362. The Balaban J connectivity index is 1.53. The van der Waals surface area contributed by atoms with Crippen molar-refractivity contribution in [1.29, 1.82) is 0 Å². The van der Waals surface area contributed by atoms with Gasteiger partial charge in [0.1, 0.15) is 0 Å². The highest BCUT2D eigenvalue weighted by Crippen LogP contribution is 2.16. The van der Waals surface area contributed by atoms with E-state index in [4.69, 9.17) is 0 Å². The van der Waals surface area contributed by atoms with Crippen molar-refractivity contribution in [2.24, 2.45) is 5.92 Å². The number of carbonyl (C=O) groups is 2. The fourth-order valence-electron chi connectivity index (χ4n) is 2.75. The van der Waals surface area contributed by atoms with Crippen LogP contribution in [0.4, 0.5) is 4.79 Å². The number of amides is 3. The standard InChI is InChI=1S/C15H25N3O2/c19-14(18-10-4-5-11-18)8-9-16-15(20)17-12-13-6-2-1-3-7-13/h1-2,13H,3-12H2,(H2,16,17,20). The molecule has 5 nitrogen and oxygen atoms in total. The van der Waals surface area contributed by atoms with Gasteiger partial charge in [-0.2, -0.15) is 0 Å². The predicted molar refractivity (Wildman–Crippen MR) is 78.3 cm³/mol. The van der Waals surface area contributed by atoms with Gasteiger partial charge in [-0.15, -0.1) is 0 Å². The van der Waals surface area contributed by atoms with Crippen LogP contribution in [0.1, 0.15) is 38.5 Å². The Hall–Kier alpha value is -1.52. The third-order valence-corrected chi connectivity index (χ3v) is 4.01. The molecule has 0 aromatic rings. The van der Waals surface area contributed by atoms with Crippen molar-refractivity contribution in [3.63, 3.8) is 0 Å². The topological polar surface area (TPSA) is 61.4 Å². The van der Waals surface area contributed by atoms with E-state index in [1.165, 1.54) is 0 Å². The zero-order valence-corrected chi connectivity index (χ0v) is 12.1. The van der Waals surface area contributed by atoms with Crippen LogP contribution >= 0.6 is 0 Å². The average Bonchev–Trinajstić information content (AvgIpc) is 3.00. The summed E-state index contributed by atoms with van der Waals surface area (Å²) in [7, 11) is 0. The highest BCUT2D eigenvalue weighted by atomic mass is 16.2. The van der Waals surface area contributed by atoms with Crippen molar-refractivity contribution in [2.45, 2.75) is 38.5 Å². The lowest BCUT2D eigenvalue weighted by molar-refractivity contribution is -0.129. The first-order valence-electron chi connectivity index (χ1n) is 7.70. The van der Waals surface area contributed by atoms with Crippen LogP contribution in [0.3, 0.4) is 0 Å². The lowest BCUT2D eigenvalue weighted by Gasteiger charge is -2.18. The fraction of sp³-hybridized carbons (Fsp3) is 0.733. The van der Waals surface area contributed by atoms with Crippen LogP contribution < -0.4 is 10.6 Å². The number of nitrogens with one attached hydrogen (secondary N) is 2. The summed E-state index contributed by atoms with van der Waals surface area (Å²) in [6.45, 7) is 2.89. The largest absolute Gasteiger partial charge is 0.343 e. The number of hydrogen-bond acceptors (Lipinski definition) is 2. The molecule has 1 aliphatic heterocycles. The van der Waals surface area contributed by atoms with E-state index in [2.05, 4.69) is 22.8 Å². The van der Waals surface area contributed by atoms with Gasteiger partial charge in [0, 0.05) is 32.6 Å². The average molecular weight is 279 g/mol. The predicted octanol–water partition coefficient (Wildman–Crippen LogP) is 1.65. The quantitative estimate of drug-likeness (QED) is 0.752. The molecule has 0 aromatic carbocycles. The molecule has 112 valence electrons. The van der Waals surface area contributed by atoms with Crippen molar-refractivity contribution in [2.75, 3.05) is 26.2 Å². The van der Waals surface area contributed by atoms with Crippen molar-refractivity contribution in [3.8, 4) is 0 Å². The van der Waals surface area contributed by atoms with Crippen LogP contribution in [-0.2, 0) is 4.79 Å². The molecule has 3 amide bonds. The number of likely N-dealkylation sites (tertiary alicyclic amines) is 1. The van der Waals surface area contributed by atoms with Crippen molar-refractivity contribution >= 4 is 11.9 Å². The van der Waals surface area contributed by atoms with Gasteiger partial charge in [0.05, 0.1) is 0 Å². The molecule has 1 heterocycles. The Morgan fingerprint density at radius 2 is 1.95 bits per heavy atom. The number of rotatable bonds is 5. The van der Waals surface area contributed by atoms with Crippen LogP contribution in [0, 0.1) is 5.92 Å². The molecule has 0 aromatic heterocycles. The molecule has 1 fully saturated rings. The molecule has 0 bridgehead atoms. The van der Waals surface area contributed by atoms with Gasteiger partial charge in [-0.05, 0) is 38.0 Å². The van der Waals surface area contributed by atoms with E-state index in [0.29, 0.717) is 18.9 Å². The maximum absolute atomic E-state index is 11.8. The second kappa shape index (κ2) is 7.92. The molecule has 1 atom stereocenters. The normalized spacial score (nSPS) is 21.8. The SMILES string of the molecule is O=C(NCCC(=O)N1CCCC1)NCC1CC=CCC1. The minimum absolute atomic E-state index is 0.153. The van der Waals surface area contributed by atoms with Gasteiger partial charge in [0.2, 0.25) is 5.91 Å². The molecule has 5 heteroatoms. The van der Waals surface area contributed by atoms with Gasteiger partial charge in [0.15, 0.2) is 0 Å². The van der Waals surface area contributed by atoms with E-state index in [1.54, 1.807) is 0 Å². The molecule has 1 aliphatic carbocycles. The summed E-state index contributed by atoms with van der Waals surface area (Å²) in [6, 6.07) is -0.159. The summed E-state index contributed by atoms with van der Waals surface area (Å²) >= 11 is 0. The van der Waals surface area contributed by atoms with Gasteiger partial charge >= 0.3 is 6.03 Å². The van der Waals surface area contributed by atoms with Crippen LogP contribution in [0.2, 0.25) is 0 Å². The molecular formula is C15H25N3O2. The van der Waals surface area contributed by atoms with E-state index in [9.17, 15) is 9.59 Å². The number of carbonyl (C=O) groups excluding carboxylic acids is 2. The van der Waals surface area contributed by atoms with Gasteiger partial charge in [-0.3, -0.25) is 4.79 Å². The summed E-state index contributed by atoms with van der Waals surface area (Å²) in [5.41, 5.74) is 0. The Labute approximate surface area is 120 Å². The van der Waals surface area contributed by atoms with Crippen LogP contribution in [0.5, 0.6) is 0 Å². The third-order valence-electron chi connectivity index (χ3n) is 4.01. The minimum Gasteiger partial charge on any atom is -0.343 e. The van der Waals surface area contributed by atoms with Crippen molar-refractivity contribution in [3.05, 3.63) is 12.2 Å². The van der Waals surface area contributed by atoms with E-state index in [-0.39, 0.29) is 11.9 Å². The van der Waals surface area contributed by atoms with Gasteiger partial charge in [0.25, 0.3) is 0 Å². The van der Waals surface area contributed by atoms with Crippen LogP contribution in [0.25, 0.3) is 0 Å². The molecule has 0 spiro atoms. The number of hydrogen-bond donors (Lipinski definition) is 2. The highest BCUT2D eigenvalue weighted by molar-refractivity contribution is 5.78. The second-order valence-electron chi connectivity index (χ2n) is 5.63. The molecule has 0 radical (unpaired) electrons. The summed E-state index contributed by atoms with van der Waals surface area (Å²) in [5, 5.41) is 5.65. The molecule has 2 N–H and O–H groups in total. The maximum Gasteiger partial charge on any atom is 0.314 e. The Morgan fingerprint density at radius 3 is 2.65 bits per heavy atom. The zero-order valence-electron chi connectivity index (χ0n) is 12.1. The van der Waals surface area contributed by atoms with E-state index >= 15 is 0 Å². The summed E-state index contributed by atoms with van der Waals surface area (Å²) in [4.78, 5) is 25.3. The first kappa shape index (κ1) is 14.9. The van der Waals surface area contributed by atoms with Crippen LogP contribution in [-0.4, -0.2) is 43.0 Å². The Morgan fingerprint density at radius 1 is 1.15 bits per heavy atom. The van der Waals surface area contributed by atoms with Gasteiger partial charge < -0.3 is 15.5 Å². The smallest absolute Gasteiger partial charge is 0.314 e. The third kappa shape index (κ3) is 4.87. The van der Waals surface area contributed by atoms with Crippen LogP contribution in [0.15, 0.2) is 12.2 Å². The van der Waals surface area contributed by atoms with E-state index in [0.717, 1.165) is 51.7 Å². The molecular weight excluding hydrogens is 254 g/mol. The van der Waals surface area contributed by atoms with E-state index < -0.39 is 0 Å². The number of allylic oxidation sites excluding steroid dienone is 2. The Kier molecular flexibility index (Phi) is 5.89. The molecule has 2 rings (SSSR count). The lowest BCUT2D eigenvalue weighted by atomic mass is 9.94. The number of nitrogens with zero attached hydrogens (tertiary/aromatic N) is 1.